The molecular formula is C24H21ClFN5O. The first-order chi connectivity index (χ1) is 15.7. The van der Waals surface area contributed by atoms with Crippen molar-refractivity contribution >= 4 is 34.1 Å². The first kappa shape index (κ1) is 20.6. The van der Waals surface area contributed by atoms with E-state index in [4.69, 9.17) is 16.3 Å². The van der Waals surface area contributed by atoms with Crippen molar-refractivity contribution in [3.8, 4) is 11.1 Å². The molecule has 1 fully saturated rings. The molecule has 0 atom stereocenters. The minimum atomic E-state index is -0.257. The first-order valence-corrected chi connectivity index (χ1v) is 10.8. The molecule has 0 saturated carbocycles. The SMILES string of the molecule is Fc1ccccc1CNc1c(Cl)cnc2ccc(-c3cnc(N4CCOCC4)nc3)cc12. The van der Waals surface area contributed by atoms with E-state index in [1.807, 2.05) is 36.7 Å². The van der Waals surface area contributed by atoms with Crippen LogP contribution in [-0.2, 0) is 11.3 Å². The minimum Gasteiger partial charge on any atom is -0.379 e. The summed E-state index contributed by atoms with van der Waals surface area (Å²) >= 11 is 6.46. The lowest BCUT2D eigenvalue weighted by molar-refractivity contribution is 0.122. The van der Waals surface area contributed by atoms with Crippen LogP contribution in [0.1, 0.15) is 5.56 Å². The number of fused-ring (bicyclic) bond motifs is 1. The van der Waals surface area contributed by atoms with Crippen LogP contribution in [0, 0.1) is 5.82 Å². The normalized spacial score (nSPS) is 14.0. The molecule has 0 unspecified atom stereocenters. The highest BCUT2D eigenvalue weighted by atomic mass is 35.5. The summed E-state index contributed by atoms with van der Waals surface area (Å²) in [6, 6.07) is 12.6. The van der Waals surface area contributed by atoms with Crippen LogP contribution in [0.15, 0.2) is 61.1 Å². The Bertz CT molecular complexity index is 1250. The molecule has 1 saturated heterocycles. The fourth-order valence-corrected chi connectivity index (χ4v) is 3.97. The summed E-state index contributed by atoms with van der Waals surface area (Å²) in [6.45, 7) is 3.26. The molecule has 0 amide bonds. The third-order valence-electron chi connectivity index (χ3n) is 5.50. The van der Waals surface area contributed by atoms with E-state index >= 15 is 0 Å². The molecule has 162 valence electrons. The van der Waals surface area contributed by atoms with Crippen LogP contribution in [0.25, 0.3) is 22.0 Å². The Morgan fingerprint density at radius 3 is 2.53 bits per heavy atom. The van der Waals surface area contributed by atoms with Gasteiger partial charge in [-0.3, -0.25) is 4.98 Å². The monoisotopic (exact) mass is 449 g/mol. The lowest BCUT2D eigenvalue weighted by Crippen LogP contribution is -2.37. The number of benzene rings is 2. The Morgan fingerprint density at radius 2 is 1.75 bits per heavy atom. The maximum absolute atomic E-state index is 14.0. The van der Waals surface area contributed by atoms with Crippen molar-refractivity contribution in [1.82, 2.24) is 15.0 Å². The molecule has 8 heteroatoms. The van der Waals surface area contributed by atoms with E-state index in [0.717, 1.165) is 35.1 Å². The fourth-order valence-electron chi connectivity index (χ4n) is 3.75. The Kier molecular flexibility index (Phi) is 5.83. The summed E-state index contributed by atoms with van der Waals surface area (Å²) in [5.41, 5.74) is 3.91. The molecule has 1 aliphatic rings. The molecule has 1 N–H and O–H groups in total. The molecule has 2 aromatic heterocycles. The van der Waals surface area contributed by atoms with Gasteiger partial charge in [0.25, 0.3) is 0 Å². The minimum absolute atomic E-state index is 0.257. The van der Waals surface area contributed by atoms with Gasteiger partial charge >= 0.3 is 0 Å². The van der Waals surface area contributed by atoms with E-state index in [0.29, 0.717) is 42.0 Å². The van der Waals surface area contributed by atoms with Crippen LogP contribution in [0.4, 0.5) is 16.0 Å². The van der Waals surface area contributed by atoms with E-state index in [2.05, 4.69) is 25.2 Å². The second-order valence-corrected chi connectivity index (χ2v) is 7.94. The number of nitrogens with zero attached hydrogens (tertiary/aromatic N) is 4. The van der Waals surface area contributed by atoms with Crippen molar-refractivity contribution < 1.29 is 9.13 Å². The summed E-state index contributed by atoms with van der Waals surface area (Å²) in [5.74, 6) is 0.447. The highest BCUT2D eigenvalue weighted by Crippen LogP contribution is 2.33. The summed E-state index contributed by atoms with van der Waals surface area (Å²) < 4.78 is 19.4. The van der Waals surface area contributed by atoms with Crippen LogP contribution in [0.2, 0.25) is 5.02 Å². The van der Waals surface area contributed by atoms with Crippen molar-refractivity contribution in [1.29, 1.82) is 0 Å². The molecule has 32 heavy (non-hydrogen) atoms. The van der Waals surface area contributed by atoms with E-state index < -0.39 is 0 Å². The number of rotatable bonds is 5. The lowest BCUT2D eigenvalue weighted by atomic mass is 10.0. The number of aromatic nitrogens is 3. The fraction of sp³-hybridized carbons (Fsp3) is 0.208. The third-order valence-corrected chi connectivity index (χ3v) is 5.79. The van der Waals surface area contributed by atoms with Gasteiger partial charge in [-0.25, -0.2) is 14.4 Å². The van der Waals surface area contributed by atoms with Gasteiger partial charge in [0.2, 0.25) is 5.95 Å². The third kappa shape index (κ3) is 4.22. The topological polar surface area (TPSA) is 63.2 Å². The standard InChI is InChI=1S/C24H21ClFN5O/c25-20-15-27-22-6-5-16(18-13-29-24(30-14-18)31-7-9-32-10-8-31)11-19(22)23(20)28-12-17-3-1-2-4-21(17)26/h1-6,11,13-15H,7-10,12H2,(H,27,28). The molecular weight excluding hydrogens is 429 g/mol. The predicted molar refractivity (Wildman–Crippen MR) is 125 cm³/mol. The van der Waals surface area contributed by atoms with Crippen LogP contribution in [-0.4, -0.2) is 41.3 Å². The zero-order chi connectivity index (χ0) is 21.9. The molecule has 2 aromatic carbocycles. The maximum Gasteiger partial charge on any atom is 0.225 e. The van der Waals surface area contributed by atoms with E-state index in [-0.39, 0.29) is 5.82 Å². The molecule has 4 aromatic rings. The van der Waals surface area contributed by atoms with Crippen molar-refractivity contribution in [2.75, 3.05) is 36.5 Å². The van der Waals surface area contributed by atoms with Crippen molar-refractivity contribution in [2.24, 2.45) is 0 Å². The van der Waals surface area contributed by atoms with Gasteiger partial charge in [0, 0.05) is 54.7 Å². The number of halogens is 2. The highest BCUT2D eigenvalue weighted by molar-refractivity contribution is 6.34. The largest absolute Gasteiger partial charge is 0.379 e. The number of pyridine rings is 1. The molecule has 0 spiro atoms. The van der Waals surface area contributed by atoms with Gasteiger partial charge in [-0.1, -0.05) is 35.9 Å². The van der Waals surface area contributed by atoms with Crippen molar-refractivity contribution in [3.63, 3.8) is 0 Å². The molecule has 5 rings (SSSR count). The Hall–Kier alpha value is -3.29. The van der Waals surface area contributed by atoms with Gasteiger partial charge in [0.05, 0.1) is 29.4 Å². The van der Waals surface area contributed by atoms with Crippen LogP contribution in [0.5, 0.6) is 0 Å². The second kappa shape index (κ2) is 9.06. The van der Waals surface area contributed by atoms with Crippen molar-refractivity contribution in [2.45, 2.75) is 6.54 Å². The Labute approximate surface area is 190 Å². The first-order valence-electron chi connectivity index (χ1n) is 10.4. The summed E-state index contributed by atoms with van der Waals surface area (Å²) in [4.78, 5) is 15.6. The molecule has 0 bridgehead atoms. The maximum atomic E-state index is 14.0. The number of nitrogens with one attached hydrogen (secondary N) is 1. The number of morpholine rings is 1. The quantitative estimate of drug-likeness (QED) is 0.466. The zero-order valence-corrected chi connectivity index (χ0v) is 18.0. The van der Waals surface area contributed by atoms with E-state index in [1.165, 1.54) is 6.07 Å². The average molecular weight is 450 g/mol. The van der Waals surface area contributed by atoms with Crippen LogP contribution >= 0.6 is 11.6 Å². The molecule has 0 radical (unpaired) electrons. The number of hydrogen-bond donors (Lipinski definition) is 1. The summed E-state index contributed by atoms with van der Waals surface area (Å²) in [5, 5.41) is 4.61. The van der Waals surface area contributed by atoms with Crippen LogP contribution < -0.4 is 10.2 Å². The lowest BCUT2D eigenvalue weighted by Gasteiger charge is -2.26. The molecule has 6 nitrogen and oxygen atoms in total. The molecule has 0 aliphatic carbocycles. The number of hydrogen-bond acceptors (Lipinski definition) is 6. The highest BCUT2D eigenvalue weighted by Gasteiger charge is 2.14. The van der Waals surface area contributed by atoms with Gasteiger partial charge in [-0.05, 0) is 23.8 Å². The van der Waals surface area contributed by atoms with Crippen molar-refractivity contribution in [3.05, 3.63) is 77.5 Å². The summed E-state index contributed by atoms with van der Waals surface area (Å²) in [7, 11) is 0. The predicted octanol–water partition coefficient (Wildman–Crippen LogP) is 4.93. The number of ether oxygens (including phenoxy) is 1. The smallest absolute Gasteiger partial charge is 0.225 e. The zero-order valence-electron chi connectivity index (χ0n) is 17.3. The van der Waals surface area contributed by atoms with E-state index in [1.54, 1.807) is 18.3 Å². The van der Waals surface area contributed by atoms with Gasteiger partial charge in [0.15, 0.2) is 0 Å². The Balaban J connectivity index is 1.45. The van der Waals surface area contributed by atoms with Gasteiger partial charge in [-0.2, -0.15) is 0 Å². The van der Waals surface area contributed by atoms with Crippen LogP contribution in [0.3, 0.4) is 0 Å². The molecule has 3 heterocycles. The second-order valence-electron chi connectivity index (χ2n) is 7.53. The Morgan fingerprint density at radius 1 is 0.969 bits per heavy atom. The average Bonchev–Trinajstić information content (AvgIpc) is 2.85. The summed E-state index contributed by atoms with van der Waals surface area (Å²) in [6.07, 6.45) is 5.25. The molecule has 1 aliphatic heterocycles. The van der Waals surface area contributed by atoms with Gasteiger partial charge in [0.1, 0.15) is 5.82 Å². The van der Waals surface area contributed by atoms with E-state index in [9.17, 15) is 4.39 Å². The number of anilines is 2. The van der Waals surface area contributed by atoms with Gasteiger partial charge in [-0.15, -0.1) is 0 Å². The van der Waals surface area contributed by atoms with Gasteiger partial charge < -0.3 is 15.0 Å².